The van der Waals surface area contributed by atoms with Gasteiger partial charge >= 0.3 is 0 Å². The zero-order valence-electron chi connectivity index (χ0n) is 37.8. The van der Waals surface area contributed by atoms with Crippen molar-refractivity contribution in [2.75, 3.05) is 103 Å². The number of rotatable bonds is 26. The number of aliphatic hydroxyl groups excluding tert-OH is 10. The summed E-state index contributed by atoms with van der Waals surface area (Å²) in [6.07, 6.45) is -6.89. The Morgan fingerprint density at radius 2 is 0.643 bits per heavy atom. The molecule has 6 unspecified atom stereocenters. The second-order valence-corrected chi connectivity index (χ2v) is 21.2. The van der Waals surface area contributed by atoms with E-state index >= 15 is 0 Å². The number of anilines is 2. The molecule has 0 spiro atoms. The van der Waals surface area contributed by atoms with Crippen LogP contribution in [0.2, 0.25) is 0 Å². The first kappa shape index (κ1) is 67.2. The number of benzene rings is 2. The molecule has 0 aliphatic heterocycles. The second-order valence-electron chi connectivity index (χ2n) is 14.7. The molecule has 2 aromatic rings. The van der Waals surface area contributed by atoms with E-state index in [4.69, 9.17) is 29.9 Å². The minimum absolute atomic E-state index is 0.0482. The van der Waals surface area contributed by atoms with Crippen LogP contribution >= 0.6 is 136 Å². The number of nitrogens with one attached hydrogen (secondary N) is 4. The lowest BCUT2D eigenvalue weighted by Crippen LogP contribution is -2.41. The summed E-state index contributed by atoms with van der Waals surface area (Å²) in [6, 6.07) is 0. The molecular formula is C40H56I6N6O18. The summed E-state index contributed by atoms with van der Waals surface area (Å²) in [5.74, 6) is -3.55. The third-order valence-corrected chi connectivity index (χ3v) is 15.5. The van der Waals surface area contributed by atoms with Crippen molar-refractivity contribution in [3.8, 4) is 0 Å². The second kappa shape index (κ2) is 34.0. The SMILES string of the molecule is COCC(O)CN(C(C)=O)c1c(I)c(C(=O)NCC(O)CO)c(I)c(C(=O)NCC(O)CO)c1I.COCC(O)CN(C(C)=O)c1c(I)c(C(=O)NCC(O)CO)c(I)c(C(=O)NCC(O)CO)c1I. The van der Waals surface area contributed by atoms with Gasteiger partial charge in [0, 0.05) is 61.4 Å². The molecule has 0 radical (unpaired) electrons. The molecule has 2 aromatic carbocycles. The van der Waals surface area contributed by atoms with Crippen molar-refractivity contribution in [3.63, 3.8) is 0 Å². The van der Waals surface area contributed by atoms with E-state index in [-0.39, 0.29) is 93.3 Å². The number of carbonyl (C=O) groups is 6. The van der Waals surface area contributed by atoms with Gasteiger partial charge in [-0.05, 0) is 136 Å². The van der Waals surface area contributed by atoms with E-state index in [1.54, 1.807) is 0 Å². The van der Waals surface area contributed by atoms with Crippen LogP contribution in [-0.2, 0) is 19.1 Å². The molecule has 24 nitrogen and oxygen atoms in total. The van der Waals surface area contributed by atoms with Crippen molar-refractivity contribution >= 4 is 182 Å². The molecular weight excluding hydrogens is 1610 g/mol. The standard InChI is InChI=1S/2C20H28I3N3O9/c2*1-9(29)26(5-12(32)8-35-2)18-16(22)13(19(33)24-3-10(30)6-27)15(21)14(17(18)23)20(34)25-4-11(31)7-28/h2*10-12,27-28,30-32H,3-8H2,1-2H3,(H,24,33)(H,25,34). The predicted molar refractivity (Wildman–Crippen MR) is 303 cm³/mol. The highest BCUT2D eigenvalue weighted by Crippen LogP contribution is 2.40. The Morgan fingerprint density at radius 3 is 0.814 bits per heavy atom. The quantitative estimate of drug-likeness (QED) is 0.0456. The summed E-state index contributed by atoms with van der Waals surface area (Å²) in [4.78, 5) is 80.0. The largest absolute Gasteiger partial charge is 0.394 e. The lowest BCUT2D eigenvalue weighted by Gasteiger charge is -2.29. The number of amides is 6. The third kappa shape index (κ3) is 20.0. The van der Waals surface area contributed by atoms with Crippen molar-refractivity contribution in [3.05, 3.63) is 43.7 Å². The van der Waals surface area contributed by atoms with E-state index in [1.807, 2.05) is 136 Å². The monoisotopic (exact) mass is 1670 g/mol. The number of methoxy groups -OCH3 is 2. The molecule has 30 heteroatoms. The number of hydrogen-bond acceptors (Lipinski definition) is 18. The van der Waals surface area contributed by atoms with Gasteiger partial charge in [-0.2, -0.15) is 0 Å². The average Bonchev–Trinajstić information content (AvgIpc) is 3.30. The molecule has 0 bridgehead atoms. The topological polar surface area (TPSA) is 378 Å². The first-order valence-electron chi connectivity index (χ1n) is 20.4. The van der Waals surface area contributed by atoms with Crippen LogP contribution in [0.4, 0.5) is 11.4 Å². The van der Waals surface area contributed by atoms with Crippen molar-refractivity contribution in [2.24, 2.45) is 0 Å². The van der Waals surface area contributed by atoms with Crippen molar-refractivity contribution in [1.82, 2.24) is 21.3 Å². The van der Waals surface area contributed by atoms with Crippen molar-refractivity contribution in [1.29, 1.82) is 0 Å². The lowest BCUT2D eigenvalue weighted by atomic mass is 10.1. The number of carbonyl (C=O) groups excluding carboxylic acids is 6. The van der Waals surface area contributed by atoms with Crippen LogP contribution in [0.1, 0.15) is 55.3 Å². The van der Waals surface area contributed by atoms with E-state index < -0.39 is 98.5 Å². The highest BCUT2D eigenvalue weighted by Gasteiger charge is 2.34. The summed E-state index contributed by atoms with van der Waals surface area (Å²) in [5, 5.41) is 105. The third-order valence-electron chi connectivity index (χ3n) is 9.14. The van der Waals surface area contributed by atoms with Crippen LogP contribution in [0.25, 0.3) is 0 Å². The molecule has 396 valence electrons. The maximum atomic E-state index is 13.1. The number of nitrogens with zero attached hydrogens (tertiary/aromatic N) is 2. The number of hydrogen-bond donors (Lipinski definition) is 14. The zero-order valence-corrected chi connectivity index (χ0v) is 50.8. The van der Waals surface area contributed by atoms with E-state index in [1.165, 1.54) is 37.9 Å². The molecule has 2 rings (SSSR count). The van der Waals surface area contributed by atoms with E-state index in [0.29, 0.717) is 14.3 Å². The van der Waals surface area contributed by atoms with Crippen LogP contribution in [-0.4, -0.2) is 216 Å². The summed E-state index contributed by atoms with van der Waals surface area (Å²) in [5.41, 5.74) is 0.628. The van der Waals surface area contributed by atoms with E-state index in [2.05, 4.69) is 21.3 Å². The Hall–Kier alpha value is -0.840. The van der Waals surface area contributed by atoms with Gasteiger partial charge in [0.15, 0.2) is 0 Å². The molecule has 0 aromatic heterocycles. The van der Waals surface area contributed by atoms with Crippen LogP contribution in [0.15, 0.2) is 0 Å². The van der Waals surface area contributed by atoms with Crippen LogP contribution in [0.3, 0.4) is 0 Å². The van der Waals surface area contributed by atoms with Gasteiger partial charge in [0.25, 0.3) is 23.6 Å². The lowest BCUT2D eigenvalue weighted by molar-refractivity contribution is -0.117. The Labute approximate surface area is 484 Å². The van der Waals surface area contributed by atoms with E-state index in [9.17, 15) is 59.4 Å². The number of aliphatic hydroxyl groups is 10. The molecule has 70 heavy (non-hydrogen) atoms. The maximum absolute atomic E-state index is 13.1. The fourth-order valence-electron chi connectivity index (χ4n) is 5.69. The molecule has 0 heterocycles. The maximum Gasteiger partial charge on any atom is 0.253 e. The van der Waals surface area contributed by atoms with Crippen molar-refractivity contribution in [2.45, 2.75) is 50.5 Å². The Balaban J connectivity index is 0.000000700. The van der Waals surface area contributed by atoms with Gasteiger partial charge in [-0.1, -0.05) is 0 Å². The fraction of sp³-hybridized carbons (Fsp3) is 0.550. The van der Waals surface area contributed by atoms with Gasteiger partial charge in [-0.15, -0.1) is 0 Å². The van der Waals surface area contributed by atoms with Crippen LogP contribution < -0.4 is 31.1 Å². The minimum Gasteiger partial charge on any atom is -0.394 e. The predicted octanol–water partition coefficient (Wildman–Crippen LogP) is -1.95. The summed E-state index contributed by atoms with van der Waals surface area (Å²) in [6.45, 7) is -1.19. The number of halogens is 6. The van der Waals surface area contributed by atoms with Gasteiger partial charge in [-0.25, -0.2) is 0 Å². The zero-order chi connectivity index (χ0) is 53.7. The van der Waals surface area contributed by atoms with Crippen molar-refractivity contribution < 1.29 is 89.3 Å². The minimum atomic E-state index is -1.20. The van der Waals surface area contributed by atoms with Gasteiger partial charge in [0.1, 0.15) is 0 Å². The molecule has 6 amide bonds. The Morgan fingerprint density at radius 1 is 0.429 bits per heavy atom. The molecule has 0 fully saturated rings. The highest BCUT2D eigenvalue weighted by molar-refractivity contribution is 14.1. The first-order chi connectivity index (χ1) is 32.8. The normalized spacial score (nSPS) is 13.7. The van der Waals surface area contributed by atoms with Gasteiger partial charge in [0.05, 0.1) is 137 Å². The first-order valence-corrected chi connectivity index (χ1v) is 26.9. The Bertz CT molecular complexity index is 1880. The molecule has 14 N–H and O–H groups in total. The van der Waals surface area contributed by atoms with Gasteiger partial charge < -0.3 is 91.6 Å². The Kier molecular flexibility index (Phi) is 32.6. The summed E-state index contributed by atoms with van der Waals surface area (Å²) < 4.78 is 11.7. The van der Waals surface area contributed by atoms with Crippen LogP contribution in [0, 0.1) is 21.4 Å². The summed E-state index contributed by atoms with van der Waals surface area (Å²) >= 11 is 11.1. The van der Waals surface area contributed by atoms with E-state index in [0.717, 1.165) is 0 Å². The van der Waals surface area contributed by atoms with Gasteiger partial charge in [0.2, 0.25) is 11.8 Å². The molecule has 6 atom stereocenters. The fourth-order valence-corrected chi connectivity index (χ4v) is 15.1. The number of ether oxygens (including phenoxy) is 2. The highest BCUT2D eigenvalue weighted by atomic mass is 127. The average molecular weight is 1670 g/mol. The molecule has 0 saturated carbocycles. The smallest absolute Gasteiger partial charge is 0.253 e. The molecule has 0 aliphatic carbocycles. The summed E-state index contributed by atoms with van der Waals surface area (Å²) in [7, 11) is 2.79. The molecule has 0 saturated heterocycles. The van der Waals surface area contributed by atoms with Gasteiger partial charge in [-0.3, -0.25) is 28.8 Å². The molecule has 0 aliphatic rings. The van der Waals surface area contributed by atoms with Crippen LogP contribution in [0.5, 0.6) is 0 Å².